The van der Waals surface area contributed by atoms with Gasteiger partial charge in [0.2, 0.25) is 21.8 Å². The van der Waals surface area contributed by atoms with E-state index in [0.29, 0.717) is 57.6 Å². The first-order valence-corrected chi connectivity index (χ1v) is 34.5. The van der Waals surface area contributed by atoms with Crippen LogP contribution in [0.3, 0.4) is 0 Å². The van der Waals surface area contributed by atoms with Crippen molar-refractivity contribution in [2.45, 2.75) is 149 Å². The molecule has 566 valence electrons. The summed E-state index contributed by atoms with van der Waals surface area (Å²) in [5.41, 5.74) is -0.629. The Labute approximate surface area is 575 Å². The Hall–Kier alpha value is -6.20. The number of aliphatic carboxylic acids is 1. The number of guanidine groups is 1. The summed E-state index contributed by atoms with van der Waals surface area (Å²) in [6.07, 6.45) is -24.1. The number of aliphatic hydroxyl groups excluding tert-OH is 10. The Bertz CT molecular complexity index is 3120. The molecule has 18 N–H and O–H groups in total. The molecule has 5 aliphatic rings. The van der Waals surface area contributed by atoms with E-state index >= 15 is 0 Å². The Morgan fingerprint density at radius 3 is 1.79 bits per heavy atom. The number of anilines is 2. The number of amides is 4. The summed E-state index contributed by atoms with van der Waals surface area (Å²) >= 11 is 0. The molecule has 5 heterocycles. The minimum atomic E-state index is -4.43. The number of urea groups is 1. The standard InChI is InChI=1S/C60H96N10O29S/c1-32-26-34(27-33(2)54(32)100(88,89)68-35(55(85)86)28-67-60(87)70-16-14-69(15-17-70)40(75)7-3-8-64-59-65-11-12-66-59)93-18-4-6-39(74)61-9-5-10-62-41-42(46(79)45(41)78)63-13-19-90-20-21-91-22-23-92-24-25-94-56-50(83)48(81)52(38(31-73)97-56)98-58-51(84)53(44(77)37(30-72)96-58)99-57-49(82)47(80)43(76)36(29-71)95-57/h26-27,35-38,43-44,47-53,56-58,62-63,68,71-73,76-77,80-84H,3-25,28-31H2,1-2H3,(H,61,74)(H,67,87)(H,85,86)(H2,64,65,66)/t35-,36+,37+,38+,43-,44-,47-,48+,49+,50+,51+,52+,53-,56-,57+,58+/m0/s1. The molecule has 4 amide bonds. The van der Waals surface area contributed by atoms with Crippen LogP contribution in [0.5, 0.6) is 5.75 Å². The number of aryl methyl sites for hydroxylation is 2. The van der Waals surface area contributed by atoms with Gasteiger partial charge in [0.1, 0.15) is 96.4 Å². The number of carboxylic acids is 1. The van der Waals surface area contributed by atoms with Crippen LogP contribution in [0.25, 0.3) is 0 Å². The molecule has 100 heavy (non-hydrogen) atoms. The molecule has 0 radical (unpaired) electrons. The molecular weight excluding hydrogens is 1360 g/mol. The highest BCUT2D eigenvalue weighted by atomic mass is 32.2. The number of piperazine rings is 1. The topological polar surface area (TPSA) is 554 Å². The van der Waals surface area contributed by atoms with Crippen molar-refractivity contribution in [3.8, 4) is 5.75 Å². The van der Waals surface area contributed by atoms with E-state index in [1.807, 2.05) is 0 Å². The highest BCUT2D eigenvalue weighted by molar-refractivity contribution is 7.89. The van der Waals surface area contributed by atoms with Crippen molar-refractivity contribution < 1.29 is 131 Å². The van der Waals surface area contributed by atoms with Crippen molar-refractivity contribution in [3.63, 3.8) is 0 Å². The molecule has 2 aromatic rings. The van der Waals surface area contributed by atoms with E-state index in [1.54, 1.807) is 4.90 Å². The number of carbonyl (C=O) groups excluding carboxylic acids is 3. The Balaban J connectivity index is 0.688. The maximum atomic E-state index is 13.6. The molecule has 0 bridgehead atoms. The minimum Gasteiger partial charge on any atom is -0.494 e. The van der Waals surface area contributed by atoms with Crippen molar-refractivity contribution in [2.24, 2.45) is 4.99 Å². The number of sulfonamides is 1. The summed E-state index contributed by atoms with van der Waals surface area (Å²) in [5, 5.41) is 131. The summed E-state index contributed by atoms with van der Waals surface area (Å²) < 4.78 is 85.0. The predicted octanol–water partition coefficient (Wildman–Crippen LogP) is -8.48. The van der Waals surface area contributed by atoms with E-state index in [2.05, 4.69) is 41.6 Å². The zero-order valence-electron chi connectivity index (χ0n) is 55.5. The first kappa shape index (κ1) is 81.1. The van der Waals surface area contributed by atoms with Gasteiger partial charge in [-0.05, 0) is 56.4 Å². The van der Waals surface area contributed by atoms with Crippen LogP contribution in [-0.4, -0.2) is 347 Å². The third kappa shape index (κ3) is 22.6. The van der Waals surface area contributed by atoms with Crippen molar-refractivity contribution in [2.75, 3.05) is 155 Å². The molecule has 4 saturated heterocycles. The molecule has 0 unspecified atom stereocenters. The average molecular weight is 1450 g/mol. The van der Waals surface area contributed by atoms with Crippen LogP contribution in [0, 0.1) is 13.8 Å². The number of aliphatic hydroxyl groups is 10. The fourth-order valence-electron chi connectivity index (χ4n) is 11.4. The molecule has 40 heteroatoms. The predicted molar refractivity (Wildman–Crippen MR) is 345 cm³/mol. The van der Waals surface area contributed by atoms with E-state index in [4.69, 9.17) is 47.4 Å². The van der Waals surface area contributed by atoms with Crippen LogP contribution in [-0.2, 0) is 67.0 Å². The smallest absolute Gasteiger partial charge is 0.323 e. The second kappa shape index (κ2) is 40.0. The van der Waals surface area contributed by atoms with Gasteiger partial charge in [-0.3, -0.25) is 29.0 Å². The molecule has 0 spiro atoms. The second-order valence-corrected chi connectivity index (χ2v) is 25.7. The highest BCUT2D eigenvalue weighted by Gasteiger charge is 2.54. The summed E-state index contributed by atoms with van der Waals surface area (Å²) in [6, 6.07) is 0.638. The van der Waals surface area contributed by atoms with Gasteiger partial charge in [-0.1, -0.05) is 0 Å². The molecule has 0 aromatic heterocycles. The zero-order valence-corrected chi connectivity index (χ0v) is 56.3. The van der Waals surface area contributed by atoms with Gasteiger partial charge in [0.05, 0.1) is 84.1 Å². The number of aliphatic imine (C=N–C) groups is 1. The number of hydrogen-bond donors (Lipinski definition) is 18. The van der Waals surface area contributed by atoms with Gasteiger partial charge in [0, 0.05) is 78.3 Å². The van der Waals surface area contributed by atoms with Crippen molar-refractivity contribution >= 4 is 51.2 Å². The molecule has 0 aliphatic carbocycles. The summed E-state index contributed by atoms with van der Waals surface area (Å²) in [6.45, 7) is 4.49. The molecule has 4 fully saturated rings. The molecule has 7 rings (SSSR count). The lowest BCUT2D eigenvalue weighted by Crippen LogP contribution is -2.66. The lowest BCUT2D eigenvalue weighted by molar-refractivity contribution is -0.380. The quantitative estimate of drug-likeness (QED) is 0.0217. The number of benzene rings is 1. The lowest BCUT2D eigenvalue weighted by Gasteiger charge is -2.48. The van der Waals surface area contributed by atoms with Gasteiger partial charge in [0.15, 0.2) is 24.8 Å². The molecule has 5 aliphatic heterocycles. The van der Waals surface area contributed by atoms with Gasteiger partial charge in [-0.25, -0.2) is 13.2 Å². The van der Waals surface area contributed by atoms with Gasteiger partial charge in [-0.2, -0.15) is 4.72 Å². The van der Waals surface area contributed by atoms with Crippen LogP contribution in [0.1, 0.15) is 43.2 Å². The van der Waals surface area contributed by atoms with Crippen molar-refractivity contribution in [1.82, 2.24) is 35.8 Å². The maximum absolute atomic E-state index is 13.6. The molecule has 39 nitrogen and oxygen atoms in total. The Morgan fingerprint density at radius 1 is 0.610 bits per heavy atom. The normalized spacial score (nSPS) is 27.5. The number of carbonyl (C=O) groups is 4. The number of rotatable bonds is 41. The van der Waals surface area contributed by atoms with Crippen LogP contribution in [0.2, 0.25) is 0 Å². The third-order valence-electron chi connectivity index (χ3n) is 16.8. The maximum Gasteiger partial charge on any atom is 0.323 e. The number of carboxylic acid groups (broad SMARTS) is 1. The zero-order chi connectivity index (χ0) is 72.6. The number of nitrogens with one attached hydrogen (secondary N) is 7. The lowest BCUT2D eigenvalue weighted by atomic mass is 9.96. The monoisotopic (exact) mass is 1450 g/mol. The van der Waals surface area contributed by atoms with Crippen LogP contribution in [0.4, 0.5) is 16.2 Å². The largest absolute Gasteiger partial charge is 0.494 e. The van der Waals surface area contributed by atoms with Crippen molar-refractivity contribution in [1.29, 1.82) is 0 Å². The van der Waals surface area contributed by atoms with Crippen LogP contribution >= 0.6 is 0 Å². The minimum absolute atomic E-state index is 0.0243. The summed E-state index contributed by atoms with van der Waals surface area (Å²) in [5.74, 6) is -0.790. The number of nitrogens with zero attached hydrogens (tertiary/aromatic N) is 3. The van der Waals surface area contributed by atoms with E-state index in [0.717, 1.165) is 12.5 Å². The molecule has 2 aromatic carbocycles. The van der Waals surface area contributed by atoms with E-state index in [1.165, 1.54) is 30.9 Å². The van der Waals surface area contributed by atoms with Crippen molar-refractivity contribution in [3.05, 3.63) is 43.7 Å². The van der Waals surface area contributed by atoms with Gasteiger partial charge in [-0.15, -0.1) is 0 Å². The second-order valence-electron chi connectivity index (χ2n) is 24.1. The Morgan fingerprint density at radius 2 is 1.17 bits per heavy atom. The first-order chi connectivity index (χ1) is 47.9. The Kier molecular flexibility index (Phi) is 32.5. The van der Waals surface area contributed by atoms with Gasteiger partial charge in [0.25, 0.3) is 10.9 Å². The summed E-state index contributed by atoms with van der Waals surface area (Å²) in [4.78, 5) is 82.2. The molecule has 16 atom stereocenters. The van der Waals surface area contributed by atoms with E-state index < -0.39 is 157 Å². The molecule has 0 saturated carbocycles. The fraction of sp³-hybridized carbons (Fsp3) is 0.750. The fourth-order valence-corrected chi connectivity index (χ4v) is 13.0. The number of ether oxygens (including phenoxy) is 10. The third-order valence-corrected chi connectivity index (χ3v) is 18.6. The van der Waals surface area contributed by atoms with Gasteiger partial charge >= 0.3 is 12.0 Å². The average Bonchev–Trinajstić information content (AvgIpc) is 0.872. The van der Waals surface area contributed by atoms with Crippen LogP contribution in [0.15, 0.2) is 31.6 Å². The summed E-state index contributed by atoms with van der Waals surface area (Å²) in [7, 11) is -4.43. The molecular formula is C60H96N10O29S. The first-order valence-electron chi connectivity index (χ1n) is 33.0. The SMILES string of the molecule is Cc1cc(OCCCC(=O)NCCCNc2c(NCCOCCOCCOCCO[C@H]3O[C@H](CO)[C@@H](O[C@H]4O[C@H](CO)[C@H](O)[C@H](O[C@H]5O[C@H](CO)[C@H](O)[C@H](O)[C@H]5O)[C@H]4O)[C@H](O)[C@H]3O)c(=O)c2=O)cc(C)c1S(=O)(=O)N[C@@H](CNC(=O)N1CCN(C(=O)CCCNC2=NCCN2)CC1)C(=O)O. The van der Waals surface area contributed by atoms with Gasteiger partial charge < -0.3 is 145 Å². The number of hydrogen-bond acceptors (Lipinski definition) is 33. The van der Waals surface area contributed by atoms with E-state index in [-0.39, 0.29) is 131 Å². The van der Waals surface area contributed by atoms with E-state index in [9.17, 15) is 93.4 Å². The highest BCUT2D eigenvalue weighted by Crippen LogP contribution is 2.33. The van der Waals surface area contributed by atoms with Crippen LogP contribution < -0.4 is 52.2 Å².